The van der Waals surface area contributed by atoms with Gasteiger partial charge in [0.05, 0.1) is 18.7 Å². The minimum Gasteiger partial charge on any atom is -0.383 e. The lowest BCUT2D eigenvalue weighted by molar-refractivity contribution is 0.0682. The summed E-state index contributed by atoms with van der Waals surface area (Å²) in [5.74, 6) is -0.0698. The quantitative estimate of drug-likeness (QED) is 0.770. The van der Waals surface area contributed by atoms with Crippen LogP contribution in [-0.4, -0.2) is 36.1 Å². The van der Waals surface area contributed by atoms with E-state index >= 15 is 0 Å². The summed E-state index contributed by atoms with van der Waals surface area (Å²) >= 11 is 7.37. The molecular formula is C14H15ClN2O2S. The predicted molar refractivity (Wildman–Crippen MR) is 80.2 cm³/mol. The summed E-state index contributed by atoms with van der Waals surface area (Å²) in [7, 11) is 1.62. The first-order chi connectivity index (χ1) is 9.70. The number of rotatable bonds is 6. The summed E-state index contributed by atoms with van der Waals surface area (Å²) < 4.78 is 5.07. The predicted octanol–water partition coefficient (Wildman–Crippen LogP) is 3.09. The zero-order valence-corrected chi connectivity index (χ0v) is 12.7. The average Bonchev–Trinajstić information content (AvgIpc) is 2.96. The Hall–Kier alpha value is -1.43. The van der Waals surface area contributed by atoms with Crippen LogP contribution in [-0.2, 0) is 11.3 Å². The first-order valence-electron chi connectivity index (χ1n) is 6.13. The number of aromatic nitrogens is 1. The standard InChI is InChI=1S/C14H15ClN2O2S/c1-19-7-6-17(10-12-3-2-8-20-12)14(18)11-4-5-13(15)16-9-11/h2-5,8-9H,6-7,10H2,1H3. The van der Waals surface area contributed by atoms with Crippen LogP contribution in [0.2, 0.25) is 5.15 Å². The number of thiophene rings is 1. The van der Waals surface area contributed by atoms with Gasteiger partial charge in [-0.05, 0) is 23.6 Å². The fourth-order valence-corrected chi connectivity index (χ4v) is 2.56. The highest BCUT2D eigenvalue weighted by molar-refractivity contribution is 7.09. The van der Waals surface area contributed by atoms with Crippen LogP contribution in [0.3, 0.4) is 0 Å². The highest BCUT2D eigenvalue weighted by atomic mass is 35.5. The number of carbonyl (C=O) groups is 1. The second kappa shape index (κ2) is 7.38. The molecular weight excluding hydrogens is 296 g/mol. The lowest BCUT2D eigenvalue weighted by Crippen LogP contribution is -2.33. The van der Waals surface area contributed by atoms with Gasteiger partial charge in [0.1, 0.15) is 5.15 Å². The van der Waals surface area contributed by atoms with Crippen LogP contribution in [0.1, 0.15) is 15.2 Å². The molecule has 0 bridgehead atoms. The Labute approximate surface area is 127 Å². The molecule has 0 saturated heterocycles. The number of pyridine rings is 1. The lowest BCUT2D eigenvalue weighted by atomic mass is 10.2. The van der Waals surface area contributed by atoms with E-state index in [4.69, 9.17) is 16.3 Å². The number of hydrogen-bond donors (Lipinski definition) is 0. The van der Waals surface area contributed by atoms with Crippen molar-refractivity contribution in [2.75, 3.05) is 20.3 Å². The number of hydrogen-bond acceptors (Lipinski definition) is 4. The maximum absolute atomic E-state index is 12.5. The third-order valence-corrected chi connectivity index (χ3v) is 3.84. The molecule has 0 unspecified atom stereocenters. The molecule has 2 aromatic heterocycles. The third-order valence-electron chi connectivity index (χ3n) is 2.75. The van der Waals surface area contributed by atoms with Gasteiger partial charge < -0.3 is 9.64 Å². The van der Waals surface area contributed by atoms with Crippen molar-refractivity contribution >= 4 is 28.8 Å². The first-order valence-corrected chi connectivity index (χ1v) is 7.38. The summed E-state index contributed by atoms with van der Waals surface area (Å²) in [5.41, 5.74) is 0.530. The molecule has 2 aromatic rings. The van der Waals surface area contributed by atoms with Gasteiger partial charge in [0.25, 0.3) is 5.91 Å². The molecule has 20 heavy (non-hydrogen) atoms. The van der Waals surface area contributed by atoms with Crippen molar-refractivity contribution in [1.82, 2.24) is 9.88 Å². The SMILES string of the molecule is COCCN(Cc1cccs1)C(=O)c1ccc(Cl)nc1. The number of carbonyl (C=O) groups excluding carboxylic acids is 1. The Bertz CT molecular complexity index is 543. The van der Waals surface area contributed by atoms with Crippen molar-refractivity contribution in [2.24, 2.45) is 0 Å². The Morgan fingerprint density at radius 1 is 1.45 bits per heavy atom. The van der Waals surface area contributed by atoms with Gasteiger partial charge in [-0.15, -0.1) is 11.3 Å². The zero-order valence-electron chi connectivity index (χ0n) is 11.1. The highest BCUT2D eigenvalue weighted by Gasteiger charge is 2.16. The molecule has 0 aromatic carbocycles. The lowest BCUT2D eigenvalue weighted by Gasteiger charge is -2.21. The van der Waals surface area contributed by atoms with Crippen molar-refractivity contribution in [1.29, 1.82) is 0 Å². The Morgan fingerprint density at radius 3 is 2.90 bits per heavy atom. The number of nitrogens with zero attached hydrogens (tertiary/aromatic N) is 2. The van der Waals surface area contributed by atoms with E-state index in [2.05, 4.69) is 4.98 Å². The van der Waals surface area contributed by atoms with E-state index in [0.29, 0.717) is 30.4 Å². The summed E-state index contributed by atoms with van der Waals surface area (Å²) in [5, 5.41) is 2.38. The van der Waals surface area contributed by atoms with Crippen LogP contribution >= 0.6 is 22.9 Å². The van der Waals surface area contributed by atoms with E-state index in [1.165, 1.54) is 6.20 Å². The molecule has 0 N–H and O–H groups in total. The van der Waals surface area contributed by atoms with E-state index < -0.39 is 0 Å². The molecule has 2 heterocycles. The van der Waals surface area contributed by atoms with Crippen LogP contribution in [0.4, 0.5) is 0 Å². The molecule has 0 aliphatic heterocycles. The molecule has 0 atom stereocenters. The number of halogens is 1. The van der Waals surface area contributed by atoms with Gasteiger partial charge in [-0.2, -0.15) is 0 Å². The Morgan fingerprint density at radius 2 is 2.30 bits per heavy atom. The van der Waals surface area contributed by atoms with Gasteiger partial charge in [0.2, 0.25) is 0 Å². The van der Waals surface area contributed by atoms with E-state index in [-0.39, 0.29) is 5.91 Å². The molecule has 0 fully saturated rings. The third kappa shape index (κ3) is 4.03. The first kappa shape index (κ1) is 15.0. The second-order valence-corrected chi connectivity index (χ2v) is 5.59. The van der Waals surface area contributed by atoms with Gasteiger partial charge in [-0.25, -0.2) is 4.98 Å². The van der Waals surface area contributed by atoms with Gasteiger partial charge >= 0.3 is 0 Å². The molecule has 0 spiro atoms. The van der Waals surface area contributed by atoms with E-state index in [9.17, 15) is 4.79 Å². The Balaban J connectivity index is 2.12. The molecule has 0 radical (unpaired) electrons. The van der Waals surface area contributed by atoms with E-state index in [1.54, 1.807) is 35.5 Å². The van der Waals surface area contributed by atoms with Crippen LogP contribution in [0, 0.1) is 0 Å². The molecule has 4 nitrogen and oxygen atoms in total. The maximum Gasteiger partial charge on any atom is 0.255 e. The monoisotopic (exact) mass is 310 g/mol. The normalized spacial score (nSPS) is 10.5. The topological polar surface area (TPSA) is 42.4 Å². The number of ether oxygens (including phenoxy) is 1. The zero-order chi connectivity index (χ0) is 14.4. The molecule has 0 saturated carbocycles. The van der Waals surface area contributed by atoms with Crippen molar-refractivity contribution in [3.63, 3.8) is 0 Å². The van der Waals surface area contributed by atoms with Gasteiger partial charge in [-0.3, -0.25) is 4.79 Å². The summed E-state index contributed by atoms with van der Waals surface area (Å²) in [6.07, 6.45) is 1.50. The van der Waals surface area contributed by atoms with Crippen LogP contribution in [0.5, 0.6) is 0 Å². The van der Waals surface area contributed by atoms with E-state index in [1.807, 2.05) is 17.5 Å². The van der Waals surface area contributed by atoms with Crippen molar-refractivity contribution in [2.45, 2.75) is 6.54 Å². The van der Waals surface area contributed by atoms with Crippen LogP contribution in [0.25, 0.3) is 0 Å². The smallest absolute Gasteiger partial charge is 0.255 e. The number of methoxy groups -OCH3 is 1. The van der Waals surface area contributed by atoms with Crippen molar-refractivity contribution in [3.8, 4) is 0 Å². The fraction of sp³-hybridized carbons (Fsp3) is 0.286. The van der Waals surface area contributed by atoms with E-state index in [0.717, 1.165) is 4.88 Å². The fourth-order valence-electron chi connectivity index (χ4n) is 1.73. The molecule has 1 amide bonds. The summed E-state index contributed by atoms with van der Waals surface area (Å²) in [6, 6.07) is 7.29. The minimum absolute atomic E-state index is 0.0698. The van der Waals surface area contributed by atoms with Crippen LogP contribution < -0.4 is 0 Å². The van der Waals surface area contributed by atoms with Gasteiger partial charge in [0, 0.05) is 24.7 Å². The largest absolute Gasteiger partial charge is 0.383 e. The average molecular weight is 311 g/mol. The van der Waals surface area contributed by atoms with Gasteiger partial charge in [-0.1, -0.05) is 17.7 Å². The van der Waals surface area contributed by atoms with Gasteiger partial charge in [0.15, 0.2) is 0 Å². The Kier molecular flexibility index (Phi) is 5.52. The molecule has 6 heteroatoms. The minimum atomic E-state index is -0.0698. The second-order valence-electron chi connectivity index (χ2n) is 4.17. The highest BCUT2D eigenvalue weighted by Crippen LogP contribution is 2.15. The number of amides is 1. The van der Waals surface area contributed by atoms with Crippen LogP contribution in [0.15, 0.2) is 35.8 Å². The molecule has 2 rings (SSSR count). The van der Waals surface area contributed by atoms with Crippen molar-refractivity contribution in [3.05, 3.63) is 51.4 Å². The summed E-state index contributed by atoms with van der Waals surface area (Å²) in [6.45, 7) is 1.61. The summed E-state index contributed by atoms with van der Waals surface area (Å²) in [4.78, 5) is 19.3. The molecule has 0 aliphatic rings. The molecule has 0 aliphatic carbocycles. The van der Waals surface area contributed by atoms with Crippen molar-refractivity contribution < 1.29 is 9.53 Å². The maximum atomic E-state index is 12.5. The molecule has 106 valence electrons.